The van der Waals surface area contributed by atoms with Gasteiger partial charge in [-0.05, 0) is 41.0 Å². The molecule has 3 rings (SSSR count). The molecule has 0 atom stereocenters. The van der Waals surface area contributed by atoms with Gasteiger partial charge in [-0.1, -0.05) is 54.6 Å². The highest BCUT2D eigenvalue weighted by Crippen LogP contribution is 2.19. The number of hydrogen-bond donors (Lipinski definition) is 2. The van der Waals surface area contributed by atoms with Crippen LogP contribution in [0.25, 0.3) is 11.1 Å². The van der Waals surface area contributed by atoms with Crippen molar-refractivity contribution in [3.8, 4) is 16.9 Å². The van der Waals surface area contributed by atoms with Crippen LogP contribution in [-0.2, 0) is 11.2 Å². The molecule has 0 saturated heterocycles. The number of nitrogens with two attached hydrogens (primary N) is 1. The average molecular weight is 346 g/mol. The molecule has 3 aromatic rings. The van der Waals surface area contributed by atoms with Crippen molar-refractivity contribution in [2.75, 3.05) is 0 Å². The molecule has 0 aromatic heterocycles. The molecule has 0 aliphatic rings. The van der Waals surface area contributed by atoms with Crippen LogP contribution in [0.3, 0.4) is 0 Å². The molecule has 0 bridgehead atoms. The van der Waals surface area contributed by atoms with Crippen LogP contribution in [-0.4, -0.2) is 21.9 Å². The van der Waals surface area contributed by atoms with Crippen molar-refractivity contribution in [2.24, 2.45) is 5.84 Å². The van der Waals surface area contributed by atoms with Gasteiger partial charge in [0.05, 0.1) is 6.42 Å². The van der Waals surface area contributed by atoms with Gasteiger partial charge >= 0.3 is 0 Å². The second-order valence-electron chi connectivity index (χ2n) is 5.86. The van der Waals surface area contributed by atoms with Gasteiger partial charge in [0.1, 0.15) is 5.75 Å². The Labute approximate surface area is 151 Å². The quantitative estimate of drug-likeness (QED) is 0.432. The van der Waals surface area contributed by atoms with Crippen LogP contribution in [0.1, 0.15) is 15.9 Å². The molecule has 26 heavy (non-hydrogen) atoms. The Hall–Kier alpha value is -3.44. The molecule has 130 valence electrons. The predicted octanol–water partition coefficient (Wildman–Crippen LogP) is 3.14. The van der Waals surface area contributed by atoms with E-state index in [1.165, 1.54) is 24.3 Å². The molecule has 0 unspecified atom stereocenters. The number of phenols is 1. The van der Waals surface area contributed by atoms with E-state index in [1.807, 2.05) is 54.6 Å². The van der Waals surface area contributed by atoms with E-state index in [1.54, 1.807) is 0 Å². The van der Waals surface area contributed by atoms with Crippen molar-refractivity contribution in [2.45, 2.75) is 6.42 Å². The molecule has 5 nitrogen and oxygen atoms in total. The fourth-order valence-electron chi connectivity index (χ4n) is 2.56. The highest BCUT2D eigenvalue weighted by molar-refractivity contribution is 6.04. The minimum Gasteiger partial charge on any atom is -0.508 e. The van der Waals surface area contributed by atoms with Gasteiger partial charge in [0.25, 0.3) is 5.91 Å². The Balaban J connectivity index is 1.67. The summed E-state index contributed by atoms with van der Waals surface area (Å²) in [6, 6.07) is 23.0. The first kappa shape index (κ1) is 17.4. The topological polar surface area (TPSA) is 83.6 Å². The van der Waals surface area contributed by atoms with E-state index >= 15 is 0 Å². The average Bonchev–Trinajstić information content (AvgIpc) is 2.68. The number of nitrogens with zero attached hydrogens (tertiary/aromatic N) is 1. The van der Waals surface area contributed by atoms with Crippen molar-refractivity contribution in [3.05, 3.63) is 90.0 Å². The molecule has 5 heteroatoms. The van der Waals surface area contributed by atoms with Crippen LogP contribution in [0.5, 0.6) is 5.75 Å². The summed E-state index contributed by atoms with van der Waals surface area (Å²) in [5, 5.41) is 9.87. The number of imide groups is 1. The van der Waals surface area contributed by atoms with Crippen LogP contribution in [0.15, 0.2) is 78.9 Å². The number of rotatable bonds is 4. The lowest BCUT2D eigenvalue weighted by Crippen LogP contribution is -2.43. The van der Waals surface area contributed by atoms with Crippen LogP contribution >= 0.6 is 0 Å². The highest BCUT2D eigenvalue weighted by atomic mass is 16.3. The monoisotopic (exact) mass is 346 g/mol. The van der Waals surface area contributed by atoms with Crippen LogP contribution in [0.2, 0.25) is 0 Å². The number of hydrogen-bond acceptors (Lipinski definition) is 4. The second-order valence-corrected chi connectivity index (χ2v) is 5.86. The Bertz CT molecular complexity index is 904. The zero-order chi connectivity index (χ0) is 18.5. The fourth-order valence-corrected chi connectivity index (χ4v) is 2.56. The van der Waals surface area contributed by atoms with Crippen molar-refractivity contribution in [1.29, 1.82) is 0 Å². The summed E-state index contributed by atoms with van der Waals surface area (Å²) in [5.74, 6) is 4.59. The van der Waals surface area contributed by atoms with Gasteiger partial charge in [0.15, 0.2) is 0 Å². The van der Waals surface area contributed by atoms with Gasteiger partial charge in [0, 0.05) is 5.56 Å². The molecule has 0 aliphatic carbocycles. The Morgan fingerprint density at radius 1 is 0.808 bits per heavy atom. The van der Waals surface area contributed by atoms with Gasteiger partial charge < -0.3 is 5.11 Å². The second kappa shape index (κ2) is 7.63. The first-order valence-corrected chi connectivity index (χ1v) is 8.10. The Kier molecular flexibility index (Phi) is 5.10. The van der Waals surface area contributed by atoms with E-state index in [0.29, 0.717) is 5.01 Å². The van der Waals surface area contributed by atoms with Crippen molar-refractivity contribution >= 4 is 11.8 Å². The van der Waals surface area contributed by atoms with E-state index in [9.17, 15) is 14.7 Å². The summed E-state index contributed by atoms with van der Waals surface area (Å²) in [5.41, 5.74) is 3.14. The number of amides is 2. The smallest absolute Gasteiger partial charge is 0.274 e. The Morgan fingerprint density at radius 2 is 1.38 bits per heavy atom. The van der Waals surface area contributed by atoms with Gasteiger partial charge in [-0.3, -0.25) is 9.59 Å². The van der Waals surface area contributed by atoms with Crippen molar-refractivity contribution in [1.82, 2.24) is 5.01 Å². The lowest BCUT2D eigenvalue weighted by Gasteiger charge is -2.15. The van der Waals surface area contributed by atoms with E-state index in [0.717, 1.165) is 16.7 Å². The van der Waals surface area contributed by atoms with Crippen LogP contribution in [0.4, 0.5) is 0 Å². The molecule has 0 fully saturated rings. The van der Waals surface area contributed by atoms with Crippen molar-refractivity contribution in [3.63, 3.8) is 0 Å². The van der Waals surface area contributed by atoms with E-state index in [4.69, 9.17) is 5.84 Å². The van der Waals surface area contributed by atoms with Gasteiger partial charge in [-0.2, -0.15) is 0 Å². The number of carbonyl (C=O) groups is 2. The van der Waals surface area contributed by atoms with Gasteiger partial charge in [0.2, 0.25) is 5.91 Å². The molecule has 0 aliphatic heterocycles. The summed E-state index contributed by atoms with van der Waals surface area (Å²) >= 11 is 0. The summed E-state index contributed by atoms with van der Waals surface area (Å²) in [6.45, 7) is 0. The van der Waals surface area contributed by atoms with Crippen molar-refractivity contribution < 1.29 is 14.7 Å². The Morgan fingerprint density at radius 3 is 2.00 bits per heavy atom. The lowest BCUT2D eigenvalue weighted by atomic mass is 10.0. The van der Waals surface area contributed by atoms with Gasteiger partial charge in [-0.15, -0.1) is 0 Å². The minimum absolute atomic E-state index is 0.0232. The summed E-state index contributed by atoms with van der Waals surface area (Å²) in [4.78, 5) is 24.5. The third kappa shape index (κ3) is 3.96. The number of phenolic OH excluding ortho intramolecular Hbond substituents is 1. The first-order chi connectivity index (χ1) is 12.5. The van der Waals surface area contributed by atoms with E-state index in [2.05, 4.69) is 0 Å². The molecular formula is C21H18N2O3. The zero-order valence-corrected chi connectivity index (χ0v) is 14.0. The SMILES string of the molecule is NN(C(=O)Cc1ccc(-c2ccccc2)cc1)C(=O)c1ccc(O)cc1. The summed E-state index contributed by atoms with van der Waals surface area (Å²) in [6.07, 6.45) is 0.0232. The number of carbonyl (C=O) groups excluding carboxylic acids is 2. The van der Waals surface area contributed by atoms with Crippen LogP contribution in [0, 0.1) is 0 Å². The molecular weight excluding hydrogens is 328 g/mol. The lowest BCUT2D eigenvalue weighted by molar-refractivity contribution is -0.128. The standard InChI is InChI=1S/C21H18N2O3/c22-23(21(26)18-10-12-19(24)13-11-18)20(25)14-15-6-8-17(9-7-15)16-4-2-1-3-5-16/h1-13,24H,14,22H2. The predicted molar refractivity (Wildman–Crippen MR) is 99.1 cm³/mol. The normalized spacial score (nSPS) is 10.3. The summed E-state index contributed by atoms with van der Waals surface area (Å²) in [7, 11) is 0. The highest BCUT2D eigenvalue weighted by Gasteiger charge is 2.19. The number of aromatic hydroxyl groups is 1. The molecule has 2 amide bonds. The summed E-state index contributed by atoms with van der Waals surface area (Å²) < 4.78 is 0. The minimum atomic E-state index is -0.615. The largest absolute Gasteiger partial charge is 0.508 e. The maximum Gasteiger partial charge on any atom is 0.274 e. The van der Waals surface area contributed by atoms with E-state index in [-0.39, 0.29) is 17.7 Å². The fraction of sp³-hybridized carbons (Fsp3) is 0.0476. The molecule has 0 spiro atoms. The molecule has 3 aromatic carbocycles. The third-order valence-electron chi connectivity index (χ3n) is 4.02. The zero-order valence-electron chi connectivity index (χ0n) is 14.0. The maximum absolute atomic E-state index is 12.3. The molecule has 3 N–H and O–H groups in total. The maximum atomic E-state index is 12.3. The number of benzene rings is 3. The third-order valence-corrected chi connectivity index (χ3v) is 4.02. The van der Waals surface area contributed by atoms with E-state index < -0.39 is 11.8 Å². The number of hydrazine groups is 1. The van der Waals surface area contributed by atoms with Crippen LogP contribution < -0.4 is 5.84 Å². The van der Waals surface area contributed by atoms with Gasteiger partial charge in [-0.25, -0.2) is 10.9 Å². The molecule has 0 heterocycles. The molecule has 0 radical (unpaired) electrons. The first-order valence-electron chi connectivity index (χ1n) is 8.10. The molecule has 0 saturated carbocycles.